The zero-order valence-electron chi connectivity index (χ0n) is 16.7. The monoisotopic (exact) mass is 505 g/mol. The molecule has 1 atom stereocenters. The van der Waals surface area contributed by atoms with Gasteiger partial charge in [-0.2, -0.15) is 32.1 Å². The van der Waals surface area contributed by atoms with Gasteiger partial charge in [0.1, 0.15) is 12.1 Å². The molecule has 14 heteroatoms. The second kappa shape index (κ2) is 10.2. The van der Waals surface area contributed by atoms with E-state index in [0.29, 0.717) is 5.82 Å². The van der Waals surface area contributed by atoms with E-state index in [1.165, 1.54) is 41.3 Å². The number of halogens is 3. The number of rotatable bonds is 7. The average molecular weight is 506 g/mol. The number of aromatic nitrogens is 4. The number of carbonyl (C=O) groups excluding carboxylic acids is 1. The molecule has 0 spiro atoms. The molecule has 0 saturated heterocycles. The zero-order chi connectivity index (χ0) is 22.8. The van der Waals surface area contributed by atoms with Gasteiger partial charge in [-0.1, -0.05) is 11.6 Å². The molecule has 0 aliphatic carbocycles. The predicted octanol–water partition coefficient (Wildman–Crippen LogP) is 2.92. The Labute approximate surface area is 194 Å². The van der Waals surface area contributed by atoms with Crippen LogP contribution in [0.3, 0.4) is 0 Å². The Morgan fingerprint density at radius 1 is 1.22 bits per heavy atom. The molecule has 172 valence electrons. The summed E-state index contributed by atoms with van der Waals surface area (Å²) >= 11 is 5.95. The van der Waals surface area contributed by atoms with E-state index >= 15 is 0 Å². The van der Waals surface area contributed by atoms with Gasteiger partial charge in [-0.3, -0.25) is 4.79 Å². The van der Waals surface area contributed by atoms with Crippen molar-refractivity contribution in [3.63, 3.8) is 0 Å². The van der Waals surface area contributed by atoms with Crippen LogP contribution in [-0.2, 0) is 9.84 Å². The molecule has 2 aromatic heterocycles. The molecule has 32 heavy (non-hydrogen) atoms. The van der Waals surface area contributed by atoms with Crippen molar-refractivity contribution in [2.75, 3.05) is 6.26 Å². The first-order valence-corrected chi connectivity index (χ1v) is 10.9. The van der Waals surface area contributed by atoms with E-state index in [1.807, 2.05) is 0 Å². The second-order valence-corrected chi connectivity index (χ2v) is 8.86. The number of carbonyl (C=O) groups is 1. The number of pyridine rings is 1. The van der Waals surface area contributed by atoms with Gasteiger partial charge in [0.15, 0.2) is 21.5 Å². The Morgan fingerprint density at radius 3 is 2.53 bits per heavy atom. The smallest absolute Gasteiger partial charge is 0.387 e. The lowest BCUT2D eigenvalue weighted by Gasteiger charge is -2.15. The summed E-state index contributed by atoms with van der Waals surface area (Å²) in [6.07, 6.45) is 3.36. The molecule has 3 rings (SSSR count). The molecule has 0 unspecified atom stereocenters. The fraction of sp³-hybridized carbons (Fsp3) is 0.222. The quantitative estimate of drug-likeness (QED) is 0.524. The summed E-state index contributed by atoms with van der Waals surface area (Å²) in [5.74, 6) is -0.140. The van der Waals surface area contributed by atoms with Crippen molar-refractivity contribution in [3.05, 3.63) is 59.3 Å². The SMILES string of the molecule is C[C@H](NC(=O)c1cc(Cl)cc(S(C)(=O)=O)c1)c1ncnn1-c1ccc(OC(F)F)cn1.S. The molecule has 1 amide bonds. The number of nitrogens with zero attached hydrogens (tertiary/aromatic N) is 4. The summed E-state index contributed by atoms with van der Waals surface area (Å²) in [6, 6.07) is 5.83. The Hall–Kier alpha value is -2.77. The lowest BCUT2D eigenvalue weighted by Crippen LogP contribution is -2.29. The molecule has 0 saturated carbocycles. The molecule has 1 aromatic carbocycles. The van der Waals surface area contributed by atoms with Crippen molar-refractivity contribution in [1.29, 1.82) is 0 Å². The van der Waals surface area contributed by atoms with E-state index in [4.69, 9.17) is 11.6 Å². The molecule has 0 radical (unpaired) electrons. The fourth-order valence-corrected chi connectivity index (χ4v) is 3.63. The van der Waals surface area contributed by atoms with Crippen LogP contribution in [0, 0.1) is 0 Å². The third kappa shape index (κ3) is 6.14. The largest absolute Gasteiger partial charge is 0.433 e. The van der Waals surface area contributed by atoms with Gasteiger partial charge in [0.05, 0.1) is 17.1 Å². The fourth-order valence-electron chi connectivity index (χ4n) is 2.64. The van der Waals surface area contributed by atoms with Gasteiger partial charge in [0, 0.05) is 16.8 Å². The van der Waals surface area contributed by atoms with Gasteiger partial charge in [-0.05, 0) is 37.3 Å². The molecule has 0 aliphatic rings. The maximum Gasteiger partial charge on any atom is 0.387 e. The number of sulfone groups is 1. The second-order valence-electron chi connectivity index (χ2n) is 6.40. The highest BCUT2D eigenvalue weighted by molar-refractivity contribution is 7.90. The Bertz CT molecular complexity index is 1210. The topological polar surface area (TPSA) is 116 Å². The molecule has 3 aromatic rings. The van der Waals surface area contributed by atoms with Crippen molar-refractivity contribution in [2.45, 2.75) is 24.5 Å². The zero-order valence-corrected chi connectivity index (χ0v) is 19.2. The van der Waals surface area contributed by atoms with Gasteiger partial charge in [0.25, 0.3) is 5.91 Å². The van der Waals surface area contributed by atoms with Crippen LogP contribution in [0.1, 0.15) is 29.1 Å². The summed E-state index contributed by atoms with van der Waals surface area (Å²) in [6.45, 7) is -1.34. The van der Waals surface area contributed by atoms with Crippen LogP contribution in [-0.4, -0.2) is 46.9 Å². The van der Waals surface area contributed by atoms with Gasteiger partial charge < -0.3 is 10.1 Å². The van der Waals surface area contributed by atoms with Crippen molar-refractivity contribution in [2.24, 2.45) is 0 Å². The van der Waals surface area contributed by atoms with Gasteiger partial charge in [-0.15, -0.1) is 0 Å². The van der Waals surface area contributed by atoms with Gasteiger partial charge in [0.2, 0.25) is 0 Å². The molecule has 1 N–H and O–H groups in total. The van der Waals surface area contributed by atoms with Crippen molar-refractivity contribution in [1.82, 2.24) is 25.1 Å². The van der Waals surface area contributed by atoms with Crippen molar-refractivity contribution >= 4 is 40.8 Å². The third-order valence-electron chi connectivity index (χ3n) is 4.03. The first kappa shape index (κ1) is 25.5. The van der Waals surface area contributed by atoms with E-state index in [-0.39, 0.29) is 40.5 Å². The van der Waals surface area contributed by atoms with Gasteiger partial charge in [-0.25, -0.2) is 18.4 Å². The molecule has 9 nitrogen and oxygen atoms in total. The molecule has 0 aliphatic heterocycles. The predicted molar refractivity (Wildman–Crippen MR) is 117 cm³/mol. The highest BCUT2D eigenvalue weighted by Crippen LogP contribution is 2.21. The van der Waals surface area contributed by atoms with E-state index in [1.54, 1.807) is 6.92 Å². The first-order valence-electron chi connectivity index (χ1n) is 8.67. The molecular formula is C18H18ClF2N5O4S2. The highest BCUT2D eigenvalue weighted by atomic mass is 35.5. The average Bonchev–Trinajstić information content (AvgIpc) is 3.17. The minimum atomic E-state index is -3.56. The third-order valence-corrected chi connectivity index (χ3v) is 5.34. The lowest BCUT2D eigenvalue weighted by atomic mass is 10.2. The normalized spacial score (nSPS) is 12.2. The maximum absolute atomic E-state index is 12.7. The molecular weight excluding hydrogens is 488 g/mol. The van der Waals surface area contributed by atoms with Crippen LogP contribution in [0.2, 0.25) is 5.02 Å². The summed E-state index contributed by atoms with van der Waals surface area (Å²) < 4.78 is 53.7. The highest BCUT2D eigenvalue weighted by Gasteiger charge is 2.20. The number of amides is 1. The van der Waals surface area contributed by atoms with E-state index in [9.17, 15) is 22.0 Å². The first-order chi connectivity index (χ1) is 14.5. The maximum atomic E-state index is 12.7. The standard InChI is InChI=1S/C18H16ClF2N5O4S.H2S/c1-10(25-17(27)11-5-12(19)7-14(6-11)31(2,28)29)16-23-9-24-26(16)15-4-3-13(8-22-15)30-18(20)21;/h3-10,18H,1-2H3,(H,25,27);1H2/t10-;/m0./s1. The number of nitrogens with one attached hydrogen (secondary N) is 1. The van der Waals surface area contributed by atoms with Crippen LogP contribution in [0.5, 0.6) is 5.75 Å². The van der Waals surface area contributed by atoms with E-state index in [0.717, 1.165) is 12.5 Å². The Kier molecular flexibility index (Phi) is 8.15. The Balaban J connectivity index is 0.00000363. The number of ether oxygens (including phenoxy) is 1. The van der Waals surface area contributed by atoms with Crippen molar-refractivity contribution < 1.29 is 26.7 Å². The van der Waals surface area contributed by atoms with E-state index in [2.05, 4.69) is 25.1 Å². The van der Waals surface area contributed by atoms with Crippen molar-refractivity contribution in [3.8, 4) is 11.6 Å². The molecule has 0 fully saturated rings. The molecule has 2 heterocycles. The summed E-state index contributed by atoms with van der Waals surface area (Å²) in [4.78, 5) is 20.7. The van der Waals surface area contributed by atoms with E-state index < -0.39 is 28.4 Å². The summed E-state index contributed by atoms with van der Waals surface area (Å²) in [5, 5.41) is 6.82. The number of hydrogen-bond acceptors (Lipinski definition) is 7. The minimum Gasteiger partial charge on any atom is -0.433 e. The van der Waals surface area contributed by atoms with Gasteiger partial charge >= 0.3 is 6.61 Å². The lowest BCUT2D eigenvalue weighted by molar-refractivity contribution is -0.0500. The molecule has 0 bridgehead atoms. The van der Waals surface area contributed by atoms with Crippen LogP contribution < -0.4 is 10.1 Å². The summed E-state index contributed by atoms with van der Waals surface area (Å²) in [5.41, 5.74) is 0.0532. The van der Waals surface area contributed by atoms with Crippen LogP contribution >= 0.6 is 25.1 Å². The Morgan fingerprint density at radius 2 is 1.94 bits per heavy atom. The number of benzene rings is 1. The minimum absolute atomic E-state index is 0. The number of hydrogen-bond donors (Lipinski definition) is 1. The van der Waals surface area contributed by atoms with Crippen LogP contribution in [0.15, 0.2) is 47.8 Å². The van der Waals surface area contributed by atoms with Crippen LogP contribution in [0.25, 0.3) is 5.82 Å². The number of alkyl halides is 2. The van der Waals surface area contributed by atoms with Crippen LogP contribution in [0.4, 0.5) is 8.78 Å². The summed E-state index contributed by atoms with van der Waals surface area (Å²) in [7, 11) is -3.56.